The van der Waals surface area contributed by atoms with Crippen LogP contribution in [0.2, 0.25) is 0 Å². The van der Waals surface area contributed by atoms with Gasteiger partial charge in [0.2, 0.25) is 0 Å². The molecule has 5 unspecified atom stereocenters. The summed E-state index contributed by atoms with van der Waals surface area (Å²) < 4.78 is 60.9. The Hall–Kier alpha value is -4.57. The molecular formula is C79H132O16P2. The molecule has 0 fully saturated rings. The van der Waals surface area contributed by atoms with E-state index in [1.54, 1.807) is 0 Å². The number of ether oxygens (including phenoxy) is 3. The third kappa shape index (κ3) is 72.5. The van der Waals surface area contributed by atoms with Crippen molar-refractivity contribution in [1.29, 1.82) is 0 Å². The van der Waals surface area contributed by atoms with Gasteiger partial charge in [-0.15, -0.1) is 0 Å². The van der Waals surface area contributed by atoms with E-state index in [9.17, 15) is 43.5 Å². The third-order valence-electron chi connectivity index (χ3n) is 15.0. The topological polar surface area (TPSA) is 231 Å². The molecule has 18 heteroatoms. The fraction of sp³-hybridized carbons (Fsp3) is 0.658. The summed E-state index contributed by atoms with van der Waals surface area (Å²) >= 11 is 0. The van der Waals surface area contributed by atoms with Crippen molar-refractivity contribution in [3.8, 4) is 0 Å². The highest BCUT2D eigenvalue weighted by Crippen LogP contribution is 2.45. The highest BCUT2D eigenvalue weighted by molar-refractivity contribution is 7.47. The average molecular weight is 1400 g/mol. The predicted molar refractivity (Wildman–Crippen MR) is 399 cm³/mol. The minimum Gasteiger partial charge on any atom is -0.463 e. The number of phosphoric acid groups is 2. The van der Waals surface area contributed by atoms with E-state index in [-0.39, 0.29) is 19.3 Å². The molecule has 0 rings (SSSR count). The number of rotatable bonds is 69. The fourth-order valence-electron chi connectivity index (χ4n) is 9.42. The standard InChI is InChI=1S/C79H132O16P2/c1-4-7-10-13-16-19-22-25-27-29-31-32-33-34-35-36-37-38-39-40-42-44-45-48-50-53-56-59-62-65-77(82)89-68-74(80)69-91-96(85,86)92-70-75(81)71-93-97(87,88)94-73-76(95-79(84)67-64-61-58-55-52-47-24-21-18-15-12-9-6-3)72-90-78(83)66-63-60-57-54-51-49-46-43-41-30-28-26-23-20-17-14-11-8-5-2/h7-8,10-11,16-17,19-21,24-28,31-32,34-35,37-38,41,43,49,51,74-76,80-81H,4-6,9,12-15,18,22-23,29-30,33,36,39-40,42,44-48,50,52-73H2,1-3H3,(H,85,86)(H,87,88)/b10-7-,11-8-,19-16-,20-17-,24-21-,27-25-,28-26-,32-31-,35-34-,38-37-,43-41-,51-49-. The monoisotopic (exact) mass is 1400 g/mol. The number of hydrogen-bond donors (Lipinski definition) is 4. The van der Waals surface area contributed by atoms with Crippen molar-refractivity contribution in [3.05, 3.63) is 146 Å². The molecule has 0 aromatic carbocycles. The first-order valence-corrected chi connectivity index (χ1v) is 40.1. The molecule has 554 valence electrons. The van der Waals surface area contributed by atoms with Crippen molar-refractivity contribution in [2.24, 2.45) is 0 Å². The Morgan fingerprint density at radius 3 is 0.887 bits per heavy atom. The lowest BCUT2D eigenvalue weighted by Crippen LogP contribution is -2.30. The summed E-state index contributed by atoms with van der Waals surface area (Å²) in [6.45, 7) is 2.36. The van der Waals surface area contributed by atoms with E-state index in [2.05, 4.69) is 167 Å². The smallest absolute Gasteiger partial charge is 0.463 e. The van der Waals surface area contributed by atoms with E-state index in [1.165, 1.54) is 57.8 Å². The number of aliphatic hydroxyl groups excluding tert-OH is 2. The second kappa shape index (κ2) is 71.3. The molecule has 97 heavy (non-hydrogen) atoms. The molecule has 0 saturated carbocycles. The lowest BCUT2D eigenvalue weighted by Gasteiger charge is -2.21. The van der Waals surface area contributed by atoms with Crippen molar-refractivity contribution in [3.63, 3.8) is 0 Å². The number of carbonyl (C=O) groups is 3. The van der Waals surface area contributed by atoms with Crippen LogP contribution in [-0.4, -0.2) is 95.9 Å². The van der Waals surface area contributed by atoms with Gasteiger partial charge in [0.25, 0.3) is 0 Å². The summed E-state index contributed by atoms with van der Waals surface area (Å²) in [6.07, 6.45) is 86.2. The highest BCUT2D eigenvalue weighted by atomic mass is 31.2. The van der Waals surface area contributed by atoms with Crippen LogP contribution in [-0.2, 0) is 55.8 Å². The van der Waals surface area contributed by atoms with Crippen LogP contribution in [0, 0.1) is 0 Å². The second-order valence-electron chi connectivity index (χ2n) is 24.3. The summed E-state index contributed by atoms with van der Waals surface area (Å²) in [5.74, 6) is -1.63. The van der Waals surface area contributed by atoms with Gasteiger partial charge in [-0.2, -0.15) is 0 Å². The van der Waals surface area contributed by atoms with Gasteiger partial charge in [-0.05, 0) is 141 Å². The summed E-state index contributed by atoms with van der Waals surface area (Å²) in [7, 11) is -9.80. The van der Waals surface area contributed by atoms with Crippen LogP contribution in [0.25, 0.3) is 0 Å². The van der Waals surface area contributed by atoms with Gasteiger partial charge in [0.15, 0.2) is 6.10 Å². The van der Waals surface area contributed by atoms with Gasteiger partial charge in [0, 0.05) is 19.3 Å². The maximum atomic E-state index is 12.9. The molecule has 16 nitrogen and oxygen atoms in total. The molecule has 4 N–H and O–H groups in total. The molecular weight excluding hydrogens is 1270 g/mol. The van der Waals surface area contributed by atoms with Gasteiger partial charge in [0.05, 0.1) is 26.4 Å². The molecule has 0 aromatic rings. The Kier molecular flexibility index (Phi) is 67.9. The molecule has 0 aliphatic heterocycles. The minimum atomic E-state index is -4.94. The summed E-state index contributed by atoms with van der Waals surface area (Å²) in [4.78, 5) is 58.5. The number of aliphatic hydroxyl groups is 2. The van der Waals surface area contributed by atoms with Gasteiger partial charge >= 0.3 is 33.6 Å². The molecule has 0 spiro atoms. The van der Waals surface area contributed by atoms with Crippen molar-refractivity contribution >= 4 is 33.6 Å². The van der Waals surface area contributed by atoms with Crippen molar-refractivity contribution in [2.75, 3.05) is 39.6 Å². The lowest BCUT2D eigenvalue weighted by molar-refractivity contribution is -0.161. The Bertz CT molecular complexity index is 2350. The SMILES string of the molecule is CC/C=C\C/C=C\C/C=C\C/C=C\C/C=C\C/C=C\CCCCCCCCCCCCC(=O)OCC(O)COP(=O)(O)OCC(O)COP(=O)(O)OCC(COC(=O)CCCCC/C=C\C/C=C\C/C=C\C/C=C\C/C=C\CC)OC(=O)CCCCCCC/C=C\CCCCCC. The van der Waals surface area contributed by atoms with Crippen LogP contribution in [0.1, 0.15) is 278 Å². The molecule has 0 saturated heterocycles. The molecule has 0 heterocycles. The zero-order chi connectivity index (χ0) is 70.9. The van der Waals surface area contributed by atoms with Crippen molar-refractivity contribution in [2.45, 2.75) is 296 Å². The first-order valence-electron chi connectivity index (χ1n) is 37.1. The van der Waals surface area contributed by atoms with Crippen LogP contribution in [0.3, 0.4) is 0 Å². The first-order chi connectivity index (χ1) is 47.2. The maximum absolute atomic E-state index is 12.9. The van der Waals surface area contributed by atoms with E-state index in [0.717, 1.165) is 161 Å². The Labute approximate surface area is 587 Å². The summed E-state index contributed by atoms with van der Waals surface area (Å²) in [5.41, 5.74) is 0. The summed E-state index contributed by atoms with van der Waals surface area (Å²) in [5, 5.41) is 20.6. The summed E-state index contributed by atoms with van der Waals surface area (Å²) in [6, 6.07) is 0. The van der Waals surface area contributed by atoms with E-state index in [0.29, 0.717) is 19.3 Å². The molecule has 0 aromatic heterocycles. The first kappa shape index (κ1) is 92.4. The second-order valence-corrected chi connectivity index (χ2v) is 27.2. The number of phosphoric ester groups is 2. The largest absolute Gasteiger partial charge is 0.472 e. The fourth-order valence-corrected chi connectivity index (χ4v) is 11.0. The minimum absolute atomic E-state index is 0.0835. The van der Waals surface area contributed by atoms with E-state index < -0.39 is 91.5 Å². The zero-order valence-corrected chi connectivity index (χ0v) is 62.0. The molecule has 0 bridgehead atoms. The quantitative estimate of drug-likeness (QED) is 0.0146. The number of esters is 3. The molecule has 5 atom stereocenters. The average Bonchev–Trinajstić information content (AvgIpc) is 1.64. The Morgan fingerprint density at radius 2 is 0.546 bits per heavy atom. The number of unbranched alkanes of at least 4 members (excludes halogenated alkanes) is 22. The van der Waals surface area contributed by atoms with Crippen LogP contribution in [0.4, 0.5) is 0 Å². The third-order valence-corrected chi connectivity index (χ3v) is 16.9. The molecule has 0 aliphatic rings. The van der Waals surface area contributed by atoms with Gasteiger partial charge in [-0.1, -0.05) is 263 Å². The number of carbonyl (C=O) groups excluding carboxylic acids is 3. The zero-order valence-electron chi connectivity index (χ0n) is 60.2. The van der Waals surface area contributed by atoms with Crippen LogP contribution in [0.5, 0.6) is 0 Å². The highest BCUT2D eigenvalue weighted by Gasteiger charge is 2.29. The Balaban J connectivity index is 4.54. The van der Waals surface area contributed by atoms with E-state index >= 15 is 0 Å². The van der Waals surface area contributed by atoms with E-state index in [1.807, 2.05) is 0 Å². The van der Waals surface area contributed by atoms with Gasteiger partial charge < -0.3 is 34.2 Å². The van der Waals surface area contributed by atoms with Crippen molar-refractivity contribution < 1.29 is 75.8 Å². The Morgan fingerprint density at radius 1 is 0.299 bits per heavy atom. The molecule has 0 radical (unpaired) electrons. The van der Waals surface area contributed by atoms with Gasteiger partial charge in [-0.25, -0.2) is 9.13 Å². The van der Waals surface area contributed by atoms with Crippen LogP contribution in [0.15, 0.2) is 146 Å². The number of hydrogen-bond acceptors (Lipinski definition) is 14. The molecule has 0 aliphatic carbocycles. The lowest BCUT2D eigenvalue weighted by atomic mass is 10.1. The van der Waals surface area contributed by atoms with Crippen LogP contribution >= 0.6 is 15.6 Å². The number of allylic oxidation sites excluding steroid dienone is 24. The van der Waals surface area contributed by atoms with Crippen LogP contribution < -0.4 is 0 Å². The van der Waals surface area contributed by atoms with E-state index in [4.69, 9.17) is 32.3 Å². The maximum Gasteiger partial charge on any atom is 0.472 e. The van der Waals surface area contributed by atoms with Gasteiger partial charge in [-0.3, -0.25) is 32.5 Å². The van der Waals surface area contributed by atoms with Crippen molar-refractivity contribution in [1.82, 2.24) is 0 Å². The van der Waals surface area contributed by atoms with Gasteiger partial charge in [0.1, 0.15) is 25.4 Å². The normalized spacial score (nSPS) is 14.9. The predicted octanol–water partition coefficient (Wildman–Crippen LogP) is 21.3. The molecule has 0 amide bonds.